The lowest BCUT2D eigenvalue weighted by molar-refractivity contribution is -0.130. The maximum Gasteiger partial charge on any atom is 0.273 e. The number of nitrogens with zero attached hydrogens (tertiary/aromatic N) is 2. The van der Waals surface area contributed by atoms with E-state index in [0.29, 0.717) is 11.9 Å². The average Bonchev–Trinajstić information content (AvgIpc) is 2.98. The molecule has 5 heteroatoms. The van der Waals surface area contributed by atoms with Gasteiger partial charge in [0.15, 0.2) is 0 Å². The van der Waals surface area contributed by atoms with E-state index in [1.165, 1.54) is 4.88 Å². The summed E-state index contributed by atoms with van der Waals surface area (Å²) in [6, 6.07) is 0.449. The molecule has 0 unspecified atom stereocenters. The maximum absolute atomic E-state index is 11.8. The summed E-state index contributed by atoms with van der Waals surface area (Å²) in [5.41, 5.74) is 1.07. The molecule has 1 saturated carbocycles. The van der Waals surface area contributed by atoms with E-state index in [0.717, 1.165) is 56.0 Å². The summed E-state index contributed by atoms with van der Waals surface area (Å²) in [5.74, 6) is 0.348. The summed E-state index contributed by atoms with van der Waals surface area (Å²) in [6.45, 7) is 5.06. The van der Waals surface area contributed by atoms with Crippen molar-refractivity contribution in [1.29, 1.82) is 0 Å². The van der Waals surface area contributed by atoms with E-state index in [1.807, 2.05) is 6.92 Å². The molecule has 1 saturated heterocycles. The van der Waals surface area contributed by atoms with Gasteiger partial charge < -0.3 is 9.64 Å². The first-order valence-electron chi connectivity index (χ1n) is 7.53. The molecule has 1 aromatic heterocycles. The molecule has 2 aliphatic rings. The van der Waals surface area contributed by atoms with Crippen molar-refractivity contribution in [2.24, 2.45) is 0 Å². The van der Waals surface area contributed by atoms with Gasteiger partial charge in [0.25, 0.3) is 5.19 Å². The third-order valence-corrected chi connectivity index (χ3v) is 5.43. The Hall–Kier alpha value is -1.10. The van der Waals surface area contributed by atoms with Gasteiger partial charge in [-0.25, -0.2) is 4.98 Å². The topological polar surface area (TPSA) is 42.4 Å². The van der Waals surface area contributed by atoms with Crippen LogP contribution in [0.2, 0.25) is 0 Å². The molecule has 0 spiro atoms. The fourth-order valence-corrected chi connectivity index (χ4v) is 3.99. The number of amides is 1. The molecule has 1 aliphatic carbocycles. The lowest BCUT2D eigenvalue weighted by Crippen LogP contribution is -2.40. The van der Waals surface area contributed by atoms with Gasteiger partial charge in [-0.05, 0) is 46.0 Å². The molecule has 2 fully saturated rings. The number of aromatic nitrogens is 1. The first-order chi connectivity index (χ1) is 9.63. The van der Waals surface area contributed by atoms with E-state index < -0.39 is 0 Å². The molecule has 1 amide bonds. The molecule has 4 nitrogen and oxygen atoms in total. The van der Waals surface area contributed by atoms with Crippen molar-refractivity contribution in [2.75, 3.05) is 6.54 Å². The second-order valence-electron chi connectivity index (χ2n) is 5.86. The molecule has 1 aliphatic heterocycles. The summed E-state index contributed by atoms with van der Waals surface area (Å²) >= 11 is 1.64. The zero-order valence-electron chi connectivity index (χ0n) is 12.2. The van der Waals surface area contributed by atoms with E-state index in [9.17, 15) is 4.79 Å². The van der Waals surface area contributed by atoms with Gasteiger partial charge in [-0.3, -0.25) is 4.79 Å². The van der Waals surface area contributed by atoms with Crippen molar-refractivity contribution in [2.45, 2.75) is 64.5 Å². The fraction of sp³-hybridized carbons (Fsp3) is 0.733. The molecule has 0 bridgehead atoms. The highest BCUT2D eigenvalue weighted by molar-refractivity contribution is 7.13. The van der Waals surface area contributed by atoms with E-state index >= 15 is 0 Å². The Morgan fingerprint density at radius 2 is 2.00 bits per heavy atom. The zero-order valence-corrected chi connectivity index (χ0v) is 13.0. The van der Waals surface area contributed by atoms with Crippen molar-refractivity contribution < 1.29 is 9.53 Å². The minimum atomic E-state index is 0.272. The van der Waals surface area contributed by atoms with Crippen LogP contribution < -0.4 is 4.74 Å². The lowest BCUT2D eigenvalue weighted by atomic mass is 9.92. The Bertz CT molecular complexity index is 473. The lowest BCUT2D eigenvalue weighted by Gasteiger charge is -2.34. The van der Waals surface area contributed by atoms with Crippen LogP contribution in [0.4, 0.5) is 0 Å². The van der Waals surface area contributed by atoms with Gasteiger partial charge in [0.1, 0.15) is 6.10 Å². The SMILES string of the molecule is Cc1nc(OC2CCC(N3CCCC3=O)CC2)sc1C. The molecule has 110 valence electrons. The van der Waals surface area contributed by atoms with Crippen LogP contribution in [-0.4, -0.2) is 34.5 Å². The molecule has 20 heavy (non-hydrogen) atoms. The summed E-state index contributed by atoms with van der Waals surface area (Å²) in [4.78, 5) is 19.5. The second-order valence-corrected chi connectivity index (χ2v) is 7.03. The molecular weight excluding hydrogens is 272 g/mol. The van der Waals surface area contributed by atoms with Crippen molar-refractivity contribution in [1.82, 2.24) is 9.88 Å². The van der Waals surface area contributed by atoms with Gasteiger partial charge in [0.05, 0.1) is 5.69 Å². The number of thiazole rings is 1. The van der Waals surface area contributed by atoms with Gasteiger partial charge in [-0.2, -0.15) is 0 Å². The highest BCUT2D eigenvalue weighted by Crippen LogP contribution is 2.31. The van der Waals surface area contributed by atoms with Crippen molar-refractivity contribution in [3.63, 3.8) is 0 Å². The Morgan fingerprint density at radius 1 is 1.25 bits per heavy atom. The van der Waals surface area contributed by atoms with Crippen LogP contribution in [-0.2, 0) is 4.79 Å². The van der Waals surface area contributed by atoms with Crippen molar-refractivity contribution in [3.05, 3.63) is 10.6 Å². The van der Waals surface area contributed by atoms with Crippen LogP contribution in [0, 0.1) is 13.8 Å². The number of carbonyl (C=O) groups excluding carboxylic acids is 1. The number of hydrogen-bond acceptors (Lipinski definition) is 4. The smallest absolute Gasteiger partial charge is 0.273 e. The monoisotopic (exact) mass is 294 g/mol. The van der Waals surface area contributed by atoms with Gasteiger partial charge in [-0.15, -0.1) is 0 Å². The van der Waals surface area contributed by atoms with Crippen LogP contribution in [0.15, 0.2) is 0 Å². The number of aryl methyl sites for hydroxylation is 2. The van der Waals surface area contributed by atoms with Gasteiger partial charge in [0, 0.05) is 23.9 Å². The van der Waals surface area contributed by atoms with Crippen molar-refractivity contribution in [3.8, 4) is 5.19 Å². The standard InChI is InChI=1S/C15H22N2O2S/c1-10-11(2)20-15(16-10)19-13-7-5-12(6-8-13)17-9-3-4-14(17)18/h12-13H,3-9H2,1-2H3. The predicted molar refractivity (Wildman–Crippen MR) is 79.2 cm³/mol. The Labute approximate surface area is 124 Å². The van der Waals surface area contributed by atoms with Crippen molar-refractivity contribution >= 4 is 17.2 Å². The van der Waals surface area contributed by atoms with Crippen LogP contribution in [0.5, 0.6) is 5.19 Å². The molecule has 0 atom stereocenters. The largest absolute Gasteiger partial charge is 0.467 e. The van der Waals surface area contributed by atoms with E-state index in [4.69, 9.17) is 4.74 Å². The van der Waals surface area contributed by atoms with Crippen LogP contribution in [0.3, 0.4) is 0 Å². The number of ether oxygens (including phenoxy) is 1. The molecule has 0 N–H and O–H groups in total. The highest BCUT2D eigenvalue weighted by Gasteiger charge is 2.32. The third kappa shape index (κ3) is 2.82. The maximum atomic E-state index is 11.8. The quantitative estimate of drug-likeness (QED) is 0.860. The first kappa shape index (κ1) is 13.9. The highest BCUT2D eigenvalue weighted by atomic mass is 32.1. The summed E-state index contributed by atoms with van der Waals surface area (Å²) in [5, 5.41) is 0.806. The molecule has 0 aromatic carbocycles. The van der Waals surface area contributed by atoms with Crippen LogP contribution >= 0.6 is 11.3 Å². The van der Waals surface area contributed by atoms with Crippen LogP contribution in [0.25, 0.3) is 0 Å². The van der Waals surface area contributed by atoms with E-state index in [2.05, 4.69) is 16.8 Å². The van der Waals surface area contributed by atoms with Gasteiger partial charge >= 0.3 is 0 Å². The van der Waals surface area contributed by atoms with Gasteiger partial charge in [0.2, 0.25) is 5.91 Å². The second kappa shape index (κ2) is 5.72. The minimum absolute atomic E-state index is 0.272. The first-order valence-corrected chi connectivity index (χ1v) is 8.35. The molecule has 2 heterocycles. The Morgan fingerprint density at radius 3 is 2.55 bits per heavy atom. The average molecular weight is 294 g/mol. The summed E-state index contributed by atoms with van der Waals surface area (Å²) in [6.07, 6.45) is 6.26. The molecule has 0 radical (unpaired) electrons. The molecule has 3 rings (SSSR count). The summed E-state index contributed by atoms with van der Waals surface area (Å²) in [7, 11) is 0. The fourth-order valence-electron chi connectivity index (χ4n) is 3.17. The Kier molecular flexibility index (Phi) is 3.96. The number of carbonyl (C=O) groups is 1. The summed E-state index contributed by atoms with van der Waals surface area (Å²) < 4.78 is 6.00. The van der Waals surface area contributed by atoms with Gasteiger partial charge in [-0.1, -0.05) is 11.3 Å². The van der Waals surface area contributed by atoms with E-state index in [1.54, 1.807) is 11.3 Å². The predicted octanol–water partition coefficient (Wildman–Crippen LogP) is 3.07. The van der Waals surface area contributed by atoms with E-state index in [-0.39, 0.29) is 6.10 Å². The van der Waals surface area contributed by atoms with Crippen LogP contribution in [0.1, 0.15) is 49.1 Å². The number of likely N-dealkylation sites (tertiary alicyclic amines) is 1. The molecular formula is C15H22N2O2S. The minimum Gasteiger partial charge on any atom is -0.467 e. The third-order valence-electron chi connectivity index (χ3n) is 4.47. The number of rotatable bonds is 3. The number of hydrogen-bond donors (Lipinski definition) is 0. The molecule has 1 aromatic rings. The normalized spacial score (nSPS) is 27.1. The zero-order chi connectivity index (χ0) is 14.1. The Balaban J connectivity index is 1.52.